The average Bonchev–Trinajstić information content (AvgIpc) is 2.79. The van der Waals surface area contributed by atoms with Gasteiger partial charge in [-0.25, -0.2) is 4.79 Å². The van der Waals surface area contributed by atoms with Crippen LogP contribution in [0.4, 0.5) is 19.3 Å². The Kier molecular flexibility index (Phi) is 5.59. The van der Waals surface area contributed by atoms with Gasteiger partial charge in [0.25, 0.3) is 5.76 Å². The van der Waals surface area contributed by atoms with Crippen LogP contribution in [0.2, 0.25) is 0 Å². The third kappa shape index (κ3) is 4.44. The van der Waals surface area contributed by atoms with Crippen LogP contribution in [0.5, 0.6) is 0 Å². The summed E-state index contributed by atoms with van der Waals surface area (Å²) in [5.41, 5.74) is 1.83. The van der Waals surface area contributed by atoms with Crippen molar-refractivity contribution in [2.45, 2.75) is 37.5 Å². The molecule has 0 aliphatic rings. The first-order valence-corrected chi connectivity index (χ1v) is 7.80. The molecule has 0 bridgehead atoms. The predicted molar refractivity (Wildman–Crippen MR) is 84.8 cm³/mol. The quantitative estimate of drug-likeness (QED) is 0.787. The zero-order chi connectivity index (χ0) is 17.0. The van der Waals surface area contributed by atoms with Gasteiger partial charge in [0.2, 0.25) is 0 Å². The number of anilines is 1. The summed E-state index contributed by atoms with van der Waals surface area (Å²) in [7, 11) is 0. The first-order valence-electron chi connectivity index (χ1n) is 6.92. The molecule has 1 atom stereocenters. The van der Waals surface area contributed by atoms with Crippen molar-refractivity contribution in [1.29, 1.82) is 0 Å². The number of aromatic nitrogens is 1. The van der Waals surface area contributed by atoms with Gasteiger partial charge in [-0.1, -0.05) is 29.1 Å². The molecule has 23 heavy (non-hydrogen) atoms. The summed E-state index contributed by atoms with van der Waals surface area (Å²) in [6.07, 6.45) is 0. The zero-order valence-corrected chi connectivity index (χ0v) is 13.7. The minimum atomic E-state index is -2.55. The number of hydrogen-bond donors (Lipinski definition) is 2. The molecule has 1 aromatic carbocycles. The number of rotatable bonds is 5. The van der Waals surface area contributed by atoms with E-state index in [0.29, 0.717) is 33.8 Å². The summed E-state index contributed by atoms with van der Waals surface area (Å²) in [6.45, 7) is 5.35. The number of benzene rings is 1. The maximum Gasteiger partial charge on any atom is 0.319 e. The molecule has 124 valence electrons. The number of carbonyl (C=O) groups excluding carboxylic acids is 1. The van der Waals surface area contributed by atoms with Crippen LogP contribution >= 0.6 is 11.8 Å². The summed E-state index contributed by atoms with van der Waals surface area (Å²) in [5, 5.41) is 9.18. The Hall–Kier alpha value is -2.09. The van der Waals surface area contributed by atoms with E-state index in [0.717, 1.165) is 5.56 Å². The molecule has 5 nitrogen and oxygen atoms in total. The summed E-state index contributed by atoms with van der Waals surface area (Å²) < 4.78 is 30.2. The third-order valence-corrected chi connectivity index (χ3v) is 4.01. The fourth-order valence-electron chi connectivity index (χ4n) is 2.30. The average molecular weight is 341 g/mol. The molecule has 0 aliphatic heterocycles. The number of hydrogen-bond acceptors (Lipinski definition) is 4. The lowest BCUT2D eigenvalue weighted by molar-refractivity contribution is 0.248. The van der Waals surface area contributed by atoms with Crippen LogP contribution in [0.1, 0.15) is 30.0 Å². The van der Waals surface area contributed by atoms with Crippen LogP contribution in [0.3, 0.4) is 0 Å². The van der Waals surface area contributed by atoms with E-state index in [9.17, 15) is 13.6 Å². The molecule has 2 N–H and O–H groups in total. The number of thioether (sulfide) groups is 1. The molecule has 1 aromatic heterocycles. The smallest absolute Gasteiger partial charge is 0.319 e. The maximum atomic E-state index is 12.5. The Bertz CT molecular complexity index is 672. The van der Waals surface area contributed by atoms with E-state index in [-0.39, 0.29) is 6.04 Å². The van der Waals surface area contributed by atoms with Crippen molar-refractivity contribution in [2.24, 2.45) is 0 Å². The van der Waals surface area contributed by atoms with Crippen LogP contribution in [0, 0.1) is 13.8 Å². The van der Waals surface area contributed by atoms with E-state index in [1.165, 1.54) is 6.07 Å². The number of carbonyl (C=O) groups is 1. The predicted octanol–water partition coefficient (Wildman–Crippen LogP) is 4.49. The first kappa shape index (κ1) is 17.3. The number of para-hydroxylation sites is 1. The molecule has 8 heteroatoms. The highest BCUT2D eigenvalue weighted by Gasteiger charge is 2.19. The molecule has 0 fully saturated rings. The zero-order valence-electron chi connectivity index (χ0n) is 12.9. The van der Waals surface area contributed by atoms with Gasteiger partial charge < -0.3 is 15.2 Å². The highest BCUT2D eigenvalue weighted by molar-refractivity contribution is 7.99. The summed E-state index contributed by atoms with van der Waals surface area (Å²) in [4.78, 5) is 12.4. The van der Waals surface area contributed by atoms with Gasteiger partial charge in [-0.05, 0) is 32.9 Å². The van der Waals surface area contributed by atoms with Crippen molar-refractivity contribution in [2.75, 3.05) is 5.32 Å². The van der Waals surface area contributed by atoms with Crippen LogP contribution < -0.4 is 10.6 Å². The second kappa shape index (κ2) is 7.45. The molecule has 0 saturated heterocycles. The van der Waals surface area contributed by atoms with E-state index < -0.39 is 11.8 Å². The Balaban J connectivity index is 2.05. The SMILES string of the molecule is Cc1noc(C)c1C(C)NC(=O)Nc1ccccc1SC(F)F. The second-order valence-electron chi connectivity index (χ2n) is 4.93. The van der Waals surface area contributed by atoms with Crippen molar-refractivity contribution in [3.63, 3.8) is 0 Å². The number of amides is 2. The van der Waals surface area contributed by atoms with Crippen LogP contribution in [-0.4, -0.2) is 16.9 Å². The minimum absolute atomic E-state index is 0.308. The number of nitrogens with zero attached hydrogens (tertiary/aromatic N) is 1. The molecule has 2 aromatic rings. The normalized spacial score (nSPS) is 12.3. The maximum absolute atomic E-state index is 12.5. The number of nitrogens with one attached hydrogen (secondary N) is 2. The van der Waals surface area contributed by atoms with E-state index in [1.54, 1.807) is 39.0 Å². The number of urea groups is 1. The summed E-state index contributed by atoms with van der Waals surface area (Å²) in [5.74, 6) is -1.92. The Labute approximate surface area is 136 Å². The van der Waals surface area contributed by atoms with E-state index >= 15 is 0 Å². The fourth-order valence-corrected chi connectivity index (χ4v) is 2.90. The molecule has 1 unspecified atom stereocenters. The van der Waals surface area contributed by atoms with E-state index in [4.69, 9.17) is 4.52 Å². The fraction of sp³-hybridized carbons (Fsp3) is 0.333. The van der Waals surface area contributed by atoms with Crippen molar-refractivity contribution < 1.29 is 18.1 Å². The second-order valence-corrected chi connectivity index (χ2v) is 5.96. The topological polar surface area (TPSA) is 67.2 Å². The van der Waals surface area contributed by atoms with E-state index in [2.05, 4.69) is 15.8 Å². The summed E-state index contributed by atoms with van der Waals surface area (Å²) >= 11 is 0.388. The summed E-state index contributed by atoms with van der Waals surface area (Å²) in [6, 6.07) is 5.61. The van der Waals surface area contributed by atoms with Gasteiger partial charge in [-0.2, -0.15) is 8.78 Å². The van der Waals surface area contributed by atoms with Gasteiger partial charge in [0, 0.05) is 10.5 Å². The van der Waals surface area contributed by atoms with E-state index in [1.807, 2.05) is 0 Å². The van der Waals surface area contributed by atoms with Crippen molar-refractivity contribution in [1.82, 2.24) is 10.5 Å². The van der Waals surface area contributed by atoms with Crippen LogP contribution in [0.25, 0.3) is 0 Å². The monoisotopic (exact) mass is 341 g/mol. The molecule has 2 amide bonds. The first-order chi connectivity index (χ1) is 10.9. The molecular formula is C15H17F2N3O2S. The van der Waals surface area contributed by atoms with Crippen molar-refractivity contribution >= 4 is 23.5 Å². The lowest BCUT2D eigenvalue weighted by Gasteiger charge is -2.16. The van der Waals surface area contributed by atoms with Crippen molar-refractivity contribution in [3.05, 3.63) is 41.3 Å². The third-order valence-electron chi connectivity index (χ3n) is 3.22. The number of aryl methyl sites for hydroxylation is 2. The Morgan fingerprint density at radius 1 is 1.30 bits per heavy atom. The van der Waals surface area contributed by atoms with Gasteiger partial charge in [-0.3, -0.25) is 0 Å². The molecule has 2 rings (SSSR count). The molecule has 1 heterocycles. The Morgan fingerprint density at radius 3 is 2.61 bits per heavy atom. The molecule has 0 aliphatic carbocycles. The standard InChI is InChI=1S/C15H17F2N3O2S/c1-8(13-9(2)20-22-10(13)3)18-15(21)19-11-6-4-5-7-12(11)23-14(16)17/h4-8,14H,1-3H3,(H2,18,19,21). The molecular weight excluding hydrogens is 324 g/mol. The highest BCUT2D eigenvalue weighted by Crippen LogP contribution is 2.31. The van der Waals surface area contributed by atoms with Gasteiger partial charge in [0.05, 0.1) is 17.4 Å². The molecule has 0 saturated carbocycles. The van der Waals surface area contributed by atoms with Gasteiger partial charge in [-0.15, -0.1) is 0 Å². The lowest BCUT2D eigenvalue weighted by Crippen LogP contribution is -2.31. The van der Waals surface area contributed by atoms with Gasteiger partial charge in [0.15, 0.2) is 0 Å². The van der Waals surface area contributed by atoms with Gasteiger partial charge >= 0.3 is 6.03 Å². The molecule has 0 spiro atoms. The Morgan fingerprint density at radius 2 is 2.00 bits per heavy atom. The van der Waals surface area contributed by atoms with Crippen molar-refractivity contribution in [3.8, 4) is 0 Å². The number of alkyl halides is 2. The number of halogens is 2. The van der Waals surface area contributed by atoms with Crippen LogP contribution in [-0.2, 0) is 0 Å². The largest absolute Gasteiger partial charge is 0.361 e. The lowest BCUT2D eigenvalue weighted by atomic mass is 10.1. The van der Waals surface area contributed by atoms with Gasteiger partial charge in [0.1, 0.15) is 5.76 Å². The minimum Gasteiger partial charge on any atom is -0.361 e. The molecule has 0 radical (unpaired) electrons. The highest BCUT2D eigenvalue weighted by atomic mass is 32.2. The van der Waals surface area contributed by atoms with Crippen LogP contribution in [0.15, 0.2) is 33.7 Å².